The molecular weight excluding hydrogens is 330 g/mol. The Morgan fingerprint density at radius 3 is 2.58 bits per heavy atom. The second kappa shape index (κ2) is 6.44. The van der Waals surface area contributed by atoms with Gasteiger partial charge in [-0.25, -0.2) is 0 Å². The van der Waals surface area contributed by atoms with Crippen LogP contribution in [0.5, 0.6) is 11.5 Å². The van der Waals surface area contributed by atoms with Crippen LogP contribution < -0.4 is 10.2 Å². The fraction of sp³-hybridized carbons (Fsp3) is 0.350. The monoisotopic (exact) mass is 355 g/mol. The first-order valence-corrected chi connectivity index (χ1v) is 8.68. The molecule has 0 aliphatic carbocycles. The third-order valence-electron chi connectivity index (χ3n) is 4.23. The van der Waals surface area contributed by atoms with Gasteiger partial charge in [0.05, 0.1) is 17.1 Å². The topological polar surface area (TPSA) is 79.3 Å². The molecule has 3 N–H and O–H groups in total. The highest BCUT2D eigenvalue weighted by Crippen LogP contribution is 2.31. The molecule has 2 aromatic carbocycles. The van der Waals surface area contributed by atoms with E-state index < -0.39 is 0 Å². The average Bonchev–Trinajstić information content (AvgIpc) is 2.54. The van der Waals surface area contributed by atoms with Crippen LogP contribution >= 0.6 is 0 Å². The highest BCUT2D eigenvalue weighted by Gasteiger charge is 2.17. The van der Waals surface area contributed by atoms with Crippen LogP contribution in [-0.4, -0.2) is 21.0 Å². The highest BCUT2D eigenvalue weighted by molar-refractivity contribution is 5.82. The molecule has 0 fully saturated rings. The van der Waals surface area contributed by atoms with Crippen molar-refractivity contribution in [3.05, 3.63) is 42.0 Å². The van der Waals surface area contributed by atoms with Gasteiger partial charge < -0.3 is 9.84 Å². The Hall–Kier alpha value is -2.89. The van der Waals surface area contributed by atoms with Crippen molar-refractivity contribution < 1.29 is 14.6 Å². The smallest absolute Gasteiger partial charge is 0.313 e. The number of esters is 1. The number of nitrogens with one attached hydrogen (secondary N) is 2. The molecule has 26 heavy (non-hydrogen) atoms. The number of hydrogen-bond acceptors (Lipinski definition) is 4. The third kappa shape index (κ3) is 3.54. The van der Waals surface area contributed by atoms with Gasteiger partial charge in [0, 0.05) is 6.07 Å². The van der Waals surface area contributed by atoms with Crippen molar-refractivity contribution in [1.82, 2.24) is 9.89 Å². The number of H-pyrrole nitrogens is 1. The Balaban J connectivity index is 1.87. The van der Waals surface area contributed by atoms with Crippen molar-refractivity contribution >= 4 is 22.7 Å². The molecule has 0 spiro atoms. The Morgan fingerprint density at radius 1 is 1.19 bits per heavy atom. The van der Waals surface area contributed by atoms with E-state index in [1.54, 1.807) is 36.8 Å². The molecule has 0 aliphatic rings. The van der Waals surface area contributed by atoms with E-state index in [9.17, 15) is 9.90 Å². The number of phenols is 1. The van der Waals surface area contributed by atoms with E-state index in [-0.39, 0.29) is 23.1 Å². The van der Waals surface area contributed by atoms with Crippen LogP contribution in [-0.2, 0) is 10.2 Å². The number of carbonyl (C=O) groups is 1. The van der Waals surface area contributed by atoms with E-state index in [0.717, 1.165) is 16.6 Å². The van der Waals surface area contributed by atoms with Gasteiger partial charge in [0.15, 0.2) is 0 Å². The number of aromatic hydroxyl groups is 1. The SMILES string of the molecule is CC(C)C(=O)Oc1ccc2[nH]n(Nc3cc(C(C)(C)C)ccc3O)c2c1. The van der Waals surface area contributed by atoms with E-state index in [4.69, 9.17) is 4.74 Å². The highest BCUT2D eigenvalue weighted by atomic mass is 16.5. The normalized spacial score (nSPS) is 11.9. The minimum absolute atomic E-state index is 0.0252. The van der Waals surface area contributed by atoms with Crippen LogP contribution in [0.3, 0.4) is 0 Å². The maximum absolute atomic E-state index is 11.8. The number of carbonyl (C=O) groups excluding carboxylic acids is 1. The number of fused-ring (bicyclic) bond motifs is 1. The van der Waals surface area contributed by atoms with Gasteiger partial charge in [-0.2, -0.15) is 4.79 Å². The molecule has 0 atom stereocenters. The van der Waals surface area contributed by atoms with E-state index in [2.05, 4.69) is 31.3 Å². The van der Waals surface area contributed by atoms with E-state index in [1.165, 1.54) is 0 Å². The predicted octanol–water partition coefficient (Wildman–Crippen LogP) is 4.41. The molecule has 0 unspecified atom stereocenters. The number of rotatable bonds is 4. The van der Waals surface area contributed by atoms with Crippen molar-refractivity contribution in [2.75, 3.05) is 5.43 Å². The summed E-state index contributed by atoms with van der Waals surface area (Å²) in [5.74, 6) is 0.192. The fourth-order valence-corrected chi connectivity index (χ4v) is 2.52. The molecule has 3 aromatic rings. The molecule has 0 saturated carbocycles. The Kier molecular flexibility index (Phi) is 4.44. The van der Waals surface area contributed by atoms with Crippen molar-refractivity contribution in [2.24, 2.45) is 5.92 Å². The first kappa shape index (κ1) is 17.9. The van der Waals surface area contributed by atoms with Gasteiger partial charge in [-0.15, -0.1) is 0 Å². The minimum Gasteiger partial charge on any atom is -0.506 e. The number of aromatic nitrogens is 2. The van der Waals surface area contributed by atoms with Gasteiger partial charge in [0.25, 0.3) is 0 Å². The molecule has 138 valence electrons. The quantitative estimate of drug-likeness (QED) is 0.368. The van der Waals surface area contributed by atoms with Gasteiger partial charge in [0.1, 0.15) is 17.0 Å². The molecule has 0 bridgehead atoms. The minimum atomic E-state index is -0.271. The number of hydrogen-bond donors (Lipinski definition) is 3. The Labute approximate surface area is 152 Å². The third-order valence-corrected chi connectivity index (χ3v) is 4.23. The Bertz CT molecular complexity index is 945. The van der Waals surface area contributed by atoms with Gasteiger partial charge in [0.2, 0.25) is 0 Å². The van der Waals surface area contributed by atoms with Gasteiger partial charge in [-0.3, -0.25) is 15.3 Å². The summed E-state index contributed by atoms with van der Waals surface area (Å²) in [6.45, 7) is 9.95. The maximum Gasteiger partial charge on any atom is 0.313 e. The molecule has 6 heteroatoms. The standard InChI is InChI=1S/C20H25N3O3/c1-12(2)19(25)26-14-7-8-15-17(11-14)23(21-15)22-16-10-13(20(3,4)5)6-9-18(16)24/h6-12,21-22,24H,1-5H3. The van der Waals surface area contributed by atoms with Crippen molar-refractivity contribution in [1.29, 1.82) is 0 Å². The summed E-state index contributed by atoms with van der Waals surface area (Å²) < 4.78 is 5.36. The molecule has 1 aromatic heterocycles. The van der Waals surface area contributed by atoms with Crippen LogP contribution in [0.15, 0.2) is 36.4 Å². The van der Waals surface area contributed by atoms with Gasteiger partial charge in [-0.1, -0.05) is 40.7 Å². The molecular formula is C20H25N3O3. The van der Waals surface area contributed by atoms with Crippen LogP contribution in [0, 0.1) is 5.92 Å². The summed E-state index contributed by atoms with van der Waals surface area (Å²) in [7, 11) is 0. The zero-order valence-corrected chi connectivity index (χ0v) is 15.8. The zero-order valence-electron chi connectivity index (χ0n) is 15.8. The maximum atomic E-state index is 11.8. The predicted molar refractivity (Wildman–Crippen MR) is 103 cm³/mol. The first-order valence-electron chi connectivity index (χ1n) is 8.68. The molecule has 0 aliphatic heterocycles. The summed E-state index contributed by atoms with van der Waals surface area (Å²) in [6.07, 6.45) is 0. The van der Waals surface area contributed by atoms with Crippen molar-refractivity contribution in [3.63, 3.8) is 0 Å². The van der Waals surface area contributed by atoms with Crippen LogP contribution in [0.4, 0.5) is 5.69 Å². The van der Waals surface area contributed by atoms with Crippen molar-refractivity contribution in [3.8, 4) is 11.5 Å². The van der Waals surface area contributed by atoms with E-state index in [1.807, 2.05) is 18.2 Å². The first-order chi connectivity index (χ1) is 12.1. The second-order valence-corrected chi connectivity index (χ2v) is 7.80. The lowest BCUT2D eigenvalue weighted by atomic mass is 9.87. The van der Waals surface area contributed by atoms with E-state index in [0.29, 0.717) is 11.4 Å². The summed E-state index contributed by atoms with van der Waals surface area (Å²) in [4.78, 5) is 13.5. The van der Waals surface area contributed by atoms with Crippen LogP contribution in [0.2, 0.25) is 0 Å². The van der Waals surface area contributed by atoms with Gasteiger partial charge in [-0.05, 0) is 35.2 Å². The molecule has 6 nitrogen and oxygen atoms in total. The molecule has 0 saturated heterocycles. The fourth-order valence-electron chi connectivity index (χ4n) is 2.52. The largest absolute Gasteiger partial charge is 0.506 e. The summed E-state index contributed by atoms with van der Waals surface area (Å²) in [6, 6.07) is 10.9. The summed E-state index contributed by atoms with van der Waals surface area (Å²) in [5, 5.41) is 13.3. The molecule has 3 rings (SSSR count). The lowest BCUT2D eigenvalue weighted by Crippen LogP contribution is -2.20. The summed E-state index contributed by atoms with van der Waals surface area (Å²) >= 11 is 0. The number of nitrogens with zero attached hydrogens (tertiary/aromatic N) is 1. The second-order valence-electron chi connectivity index (χ2n) is 7.80. The molecule has 0 radical (unpaired) electrons. The average molecular weight is 355 g/mol. The summed E-state index contributed by atoms with van der Waals surface area (Å²) in [5.41, 5.74) is 6.58. The van der Waals surface area contributed by atoms with Crippen LogP contribution in [0.25, 0.3) is 11.0 Å². The Morgan fingerprint density at radius 2 is 1.92 bits per heavy atom. The van der Waals surface area contributed by atoms with Gasteiger partial charge >= 0.3 is 5.97 Å². The number of ether oxygens (including phenoxy) is 1. The number of anilines is 1. The number of phenolic OH excluding ortho intramolecular Hbond substituents is 1. The molecule has 1 heterocycles. The zero-order chi connectivity index (χ0) is 19.1. The molecule has 0 amide bonds. The van der Waals surface area contributed by atoms with Crippen LogP contribution in [0.1, 0.15) is 40.2 Å². The van der Waals surface area contributed by atoms with E-state index >= 15 is 0 Å². The van der Waals surface area contributed by atoms with Crippen molar-refractivity contribution in [2.45, 2.75) is 40.0 Å². The lowest BCUT2D eigenvalue weighted by molar-refractivity contribution is -0.137. The number of aromatic amines is 1. The number of benzene rings is 2. The lowest BCUT2D eigenvalue weighted by Gasteiger charge is -2.23.